The number of carbonyl (C=O) groups excluding carboxylic acids is 1. The van der Waals surface area contributed by atoms with Crippen molar-refractivity contribution in [1.82, 2.24) is 5.32 Å². The van der Waals surface area contributed by atoms with Gasteiger partial charge in [-0.05, 0) is 44.4 Å². The third-order valence-electron chi connectivity index (χ3n) is 6.01. The van der Waals surface area contributed by atoms with Gasteiger partial charge in [0, 0.05) is 6.42 Å². The van der Waals surface area contributed by atoms with Gasteiger partial charge in [-0.2, -0.15) is 0 Å². The molecule has 188 valence electrons. The van der Waals surface area contributed by atoms with E-state index >= 15 is 0 Å². The number of unbranched alkanes of at least 4 members (excludes halogenated alkanes) is 15. The Bertz CT molecular complexity index is 473. The van der Waals surface area contributed by atoms with Crippen molar-refractivity contribution in [2.75, 3.05) is 0 Å². The van der Waals surface area contributed by atoms with Crippen molar-refractivity contribution in [1.29, 1.82) is 0 Å². The standard InChI is InChI=1S/C28H53NO3/c1-4-5-6-7-8-9-10-11-12-13-14-15-16-17-18-19-20-21-22-23-27(30)29-26(28(31)32)24-25(2)3/h11-12,25-26H,4-10,13-24H2,1-3H3,(H,29,30)(H,31,32)/b12-11-/t26-/m0/s1. The Hall–Kier alpha value is -1.32. The lowest BCUT2D eigenvalue weighted by Crippen LogP contribution is -2.41. The number of carboxylic acid groups (broad SMARTS) is 1. The highest BCUT2D eigenvalue weighted by atomic mass is 16.4. The zero-order valence-corrected chi connectivity index (χ0v) is 21.5. The Morgan fingerprint density at radius 3 is 1.59 bits per heavy atom. The van der Waals surface area contributed by atoms with Gasteiger partial charge in [-0.1, -0.05) is 110 Å². The number of amides is 1. The molecule has 0 saturated heterocycles. The van der Waals surface area contributed by atoms with Crippen LogP contribution in [-0.2, 0) is 9.59 Å². The first-order valence-electron chi connectivity index (χ1n) is 13.6. The van der Waals surface area contributed by atoms with E-state index < -0.39 is 12.0 Å². The highest BCUT2D eigenvalue weighted by Crippen LogP contribution is 2.13. The van der Waals surface area contributed by atoms with Crippen LogP contribution in [0.15, 0.2) is 12.2 Å². The summed E-state index contributed by atoms with van der Waals surface area (Å²) in [5, 5.41) is 11.9. The molecule has 0 aliphatic heterocycles. The molecule has 0 aromatic rings. The number of hydrogen-bond donors (Lipinski definition) is 2. The van der Waals surface area contributed by atoms with Crippen LogP contribution in [0.1, 0.15) is 143 Å². The molecule has 0 fully saturated rings. The molecule has 0 unspecified atom stereocenters. The summed E-state index contributed by atoms with van der Waals surface area (Å²) in [6.07, 6.45) is 27.4. The topological polar surface area (TPSA) is 66.4 Å². The number of rotatable bonds is 23. The van der Waals surface area contributed by atoms with Crippen molar-refractivity contribution in [2.24, 2.45) is 5.92 Å². The molecule has 4 nitrogen and oxygen atoms in total. The molecule has 0 aliphatic carbocycles. The molecule has 0 aromatic heterocycles. The first-order valence-corrected chi connectivity index (χ1v) is 13.6. The molecule has 0 spiro atoms. The average molecular weight is 452 g/mol. The Morgan fingerprint density at radius 1 is 0.719 bits per heavy atom. The molecule has 2 N–H and O–H groups in total. The first kappa shape index (κ1) is 30.7. The normalized spacial score (nSPS) is 12.5. The van der Waals surface area contributed by atoms with Gasteiger partial charge in [-0.3, -0.25) is 4.79 Å². The summed E-state index contributed by atoms with van der Waals surface area (Å²) in [6, 6.07) is -0.752. The van der Waals surface area contributed by atoms with E-state index in [1.54, 1.807) is 0 Å². The van der Waals surface area contributed by atoms with E-state index in [1.807, 2.05) is 13.8 Å². The number of hydrogen-bond acceptors (Lipinski definition) is 2. The molecule has 0 saturated carbocycles. The van der Waals surface area contributed by atoms with Crippen molar-refractivity contribution in [3.63, 3.8) is 0 Å². The van der Waals surface area contributed by atoms with E-state index in [2.05, 4.69) is 24.4 Å². The van der Waals surface area contributed by atoms with Gasteiger partial charge in [0.2, 0.25) is 5.91 Å². The fraction of sp³-hybridized carbons (Fsp3) is 0.857. The molecule has 4 heteroatoms. The zero-order chi connectivity index (χ0) is 23.9. The van der Waals surface area contributed by atoms with Gasteiger partial charge in [0.15, 0.2) is 0 Å². The highest BCUT2D eigenvalue weighted by molar-refractivity contribution is 5.83. The minimum absolute atomic E-state index is 0.126. The second-order valence-corrected chi connectivity index (χ2v) is 9.84. The maximum atomic E-state index is 11.9. The summed E-state index contributed by atoms with van der Waals surface area (Å²) < 4.78 is 0. The lowest BCUT2D eigenvalue weighted by atomic mass is 10.0. The van der Waals surface area contributed by atoms with Gasteiger partial charge >= 0.3 is 5.97 Å². The van der Waals surface area contributed by atoms with Crippen LogP contribution in [0, 0.1) is 5.92 Å². The van der Waals surface area contributed by atoms with Crippen molar-refractivity contribution in [3.8, 4) is 0 Å². The van der Waals surface area contributed by atoms with Gasteiger partial charge in [-0.15, -0.1) is 0 Å². The molecule has 0 rings (SSSR count). The minimum Gasteiger partial charge on any atom is -0.480 e. The second kappa shape index (κ2) is 22.9. The van der Waals surface area contributed by atoms with Crippen LogP contribution in [0.25, 0.3) is 0 Å². The molecule has 0 radical (unpaired) electrons. The Labute approximate surface area is 199 Å². The predicted molar refractivity (Wildman–Crippen MR) is 137 cm³/mol. The van der Waals surface area contributed by atoms with E-state index in [4.69, 9.17) is 0 Å². The maximum Gasteiger partial charge on any atom is 0.326 e. The van der Waals surface area contributed by atoms with Crippen molar-refractivity contribution < 1.29 is 14.7 Å². The van der Waals surface area contributed by atoms with Crippen LogP contribution >= 0.6 is 0 Å². The molecular weight excluding hydrogens is 398 g/mol. The molecule has 1 amide bonds. The Balaban J connectivity index is 3.39. The quantitative estimate of drug-likeness (QED) is 0.121. The minimum atomic E-state index is -0.934. The van der Waals surface area contributed by atoms with Crippen LogP contribution in [-0.4, -0.2) is 23.0 Å². The number of carboxylic acids is 1. The smallest absolute Gasteiger partial charge is 0.326 e. The summed E-state index contributed by atoms with van der Waals surface area (Å²) in [7, 11) is 0. The van der Waals surface area contributed by atoms with Gasteiger partial charge in [0.05, 0.1) is 0 Å². The van der Waals surface area contributed by atoms with Crippen LogP contribution in [0.4, 0.5) is 0 Å². The molecular formula is C28H53NO3. The third kappa shape index (κ3) is 21.9. The summed E-state index contributed by atoms with van der Waals surface area (Å²) in [5.41, 5.74) is 0. The molecule has 32 heavy (non-hydrogen) atoms. The lowest BCUT2D eigenvalue weighted by molar-refractivity contribution is -0.142. The van der Waals surface area contributed by atoms with Gasteiger partial charge in [0.1, 0.15) is 6.04 Å². The summed E-state index contributed by atoms with van der Waals surface area (Å²) in [6.45, 7) is 6.21. The summed E-state index contributed by atoms with van der Waals surface area (Å²) in [4.78, 5) is 23.1. The number of carbonyl (C=O) groups is 2. The predicted octanol–water partition coefficient (Wildman–Crippen LogP) is 8.20. The lowest BCUT2D eigenvalue weighted by Gasteiger charge is -2.16. The van der Waals surface area contributed by atoms with Crippen LogP contribution in [0.2, 0.25) is 0 Å². The third-order valence-corrected chi connectivity index (χ3v) is 6.01. The zero-order valence-electron chi connectivity index (χ0n) is 21.5. The SMILES string of the molecule is CCCCCCCC/C=C\CCCCCCCCCCCC(=O)N[C@@H](CC(C)C)C(=O)O. The summed E-state index contributed by atoms with van der Waals surface area (Å²) >= 11 is 0. The molecule has 1 atom stereocenters. The van der Waals surface area contributed by atoms with Gasteiger partial charge in [0.25, 0.3) is 0 Å². The van der Waals surface area contributed by atoms with E-state index in [0.29, 0.717) is 12.8 Å². The number of nitrogens with one attached hydrogen (secondary N) is 1. The van der Waals surface area contributed by atoms with E-state index in [9.17, 15) is 14.7 Å². The van der Waals surface area contributed by atoms with E-state index in [1.165, 1.54) is 96.3 Å². The van der Waals surface area contributed by atoms with Crippen LogP contribution < -0.4 is 5.32 Å². The number of allylic oxidation sites excluding steroid dienone is 2. The van der Waals surface area contributed by atoms with Gasteiger partial charge in [-0.25, -0.2) is 4.79 Å². The highest BCUT2D eigenvalue weighted by Gasteiger charge is 2.20. The molecule has 0 heterocycles. The van der Waals surface area contributed by atoms with Crippen molar-refractivity contribution in [3.05, 3.63) is 12.2 Å². The molecule has 0 aliphatic rings. The van der Waals surface area contributed by atoms with Gasteiger partial charge < -0.3 is 10.4 Å². The second-order valence-electron chi connectivity index (χ2n) is 9.84. The average Bonchev–Trinajstić information content (AvgIpc) is 2.74. The molecule has 0 aromatic carbocycles. The molecule has 0 bridgehead atoms. The van der Waals surface area contributed by atoms with E-state index in [-0.39, 0.29) is 11.8 Å². The fourth-order valence-electron chi connectivity index (χ4n) is 4.02. The van der Waals surface area contributed by atoms with Crippen molar-refractivity contribution in [2.45, 2.75) is 149 Å². The van der Waals surface area contributed by atoms with Crippen LogP contribution in [0.5, 0.6) is 0 Å². The fourth-order valence-corrected chi connectivity index (χ4v) is 4.02. The monoisotopic (exact) mass is 451 g/mol. The Kier molecular flexibility index (Phi) is 21.9. The first-order chi connectivity index (χ1) is 15.5. The largest absolute Gasteiger partial charge is 0.480 e. The van der Waals surface area contributed by atoms with Crippen molar-refractivity contribution >= 4 is 11.9 Å². The Morgan fingerprint density at radius 2 is 1.16 bits per heavy atom. The van der Waals surface area contributed by atoms with Crippen LogP contribution in [0.3, 0.4) is 0 Å². The maximum absolute atomic E-state index is 11.9. The van der Waals surface area contributed by atoms with E-state index in [0.717, 1.165) is 12.8 Å². The number of aliphatic carboxylic acids is 1. The summed E-state index contributed by atoms with van der Waals surface area (Å²) in [5.74, 6) is -0.807.